The van der Waals surface area contributed by atoms with Gasteiger partial charge < -0.3 is 23.7 Å². The molecule has 1 aromatic heterocycles. The Kier molecular flexibility index (Phi) is 7.63. The minimum Gasteiger partial charge on any atom is -0.497 e. The number of allylic oxidation sites excluding steroid dienone is 1. The molecule has 38 heavy (non-hydrogen) atoms. The fourth-order valence-electron chi connectivity index (χ4n) is 5.06. The van der Waals surface area contributed by atoms with Crippen LogP contribution in [0.5, 0.6) is 17.2 Å². The Morgan fingerprint density at radius 2 is 1.84 bits per heavy atom. The van der Waals surface area contributed by atoms with Crippen molar-refractivity contribution in [3.05, 3.63) is 90.8 Å². The van der Waals surface area contributed by atoms with Crippen LogP contribution in [-0.2, 0) is 17.8 Å². The van der Waals surface area contributed by atoms with Gasteiger partial charge in [0.25, 0.3) is 0 Å². The predicted molar refractivity (Wildman–Crippen MR) is 149 cm³/mol. The van der Waals surface area contributed by atoms with Crippen LogP contribution in [0.3, 0.4) is 0 Å². The molecule has 4 aromatic rings. The lowest BCUT2D eigenvalue weighted by atomic mass is 10.1. The van der Waals surface area contributed by atoms with Crippen LogP contribution >= 0.6 is 0 Å². The molecule has 196 valence electrons. The minimum atomic E-state index is 0.00965. The number of benzene rings is 3. The predicted octanol–water partition coefficient (Wildman–Crippen LogP) is 5.77. The molecular weight excluding hydrogens is 478 g/mol. The second-order valence-corrected chi connectivity index (χ2v) is 9.39. The van der Waals surface area contributed by atoms with Crippen LogP contribution in [0.25, 0.3) is 11.0 Å². The summed E-state index contributed by atoms with van der Waals surface area (Å²) in [4.78, 5) is 19.8. The lowest BCUT2D eigenvalue weighted by molar-refractivity contribution is -0.117. The van der Waals surface area contributed by atoms with Gasteiger partial charge in [-0.1, -0.05) is 24.3 Å². The van der Waals surface area contributed by atoms with Crippen molar-refractivity contribution < 1.29 is 19.0 Å². The van der Waals surface area contributed by atoms with E-state index in [2.05, 4.69) is 17.2 Å². The van der Waals surface area contributed by atoms with E-state index in [-0.39, 0.29) is 11.8 Å². The number of aryl methyl sites for hydroxylation is 1. The first-order valence-corrected chi connectivity index (χ1v) is 12.9. The van der Waals surface area contributed by atoms with Gasteiger partial charge in [0.2, 0.25) is 5.91 Å². The highest BCUT2D eigenvalue weighted by molar-refractivity contribution is 5.96. The number of imidazole rings is 1. The largest absolute Gasteiger partial charge is 0.497 e. The van der Waals surface area contributed by atoms with E-state index >= 15 is 0 Å². The van der Waals surface area contributed by atoms with Crippen molar-refractivity contribution in [3.8, 4) is 17.2 Å². The number of hydrogen-bond acceptors (Lipinski definition) is 5. The summed E-state index contributed by atoms with van der Waals surface area (Å²) in [5.41, 5.74) is 4.03. The van der Waals surface area contributed by atoms with Crippen molar-refractivity contribution >= 4 is 22.6 Å². The molecule has 1 aliphatic rings. The van der Waals surface area contributed by atoms with E-state index in [1.165, 1.54) is 0 Å². The van der Waals surface area contributed by atoms with Crippen LogP contribution in [0, 0.1) is 0 Å². The molecule has 0 saturated carbocycles. The molecular formula is C31H33N3O4. The smallest absolute Gasteiger partial charge is 0.227 e. The molecule has 7 nitrogen and oxygen atoms in total. The van der Waals surface area contributed by atoms with E-state index < -0.39 is 0 Å². The van der Waals surface area contributed by atoms with Crippen LogP contribution in [-0.4, -0.2) is 42.8 Å². The monoisotopic (exact) mass is 511 g/mol. The van der Waals surface area contributed by atoms with Gasteiger partial charge in [0, 0.05) is 31.1 Å². The highest BCUT2D eigenvalue weighted by Crippen LogP contribution is 2.34. The Bertz CT molecular complexity index is 1430. The van der Waals surface area contributed by atoms with E-state index in [0.717, 1.165) is 64.7 Å². The molecule has 0 bridgehead atoms. The topological polar surface area (TPSA) is 65.8 Å². The normalized spacial score (nSPS) is 15.2. The van der Waals surface area contributed by atoms with Crippen molar-refractivity contribution in [1.29, 1.82) is 0 Å². The van der Waals surface area contributed by atoms with E-state index in [0.29, 0.717) is 19.6 Å². The van der Waals surface area contributed by atoms with Crippen LogP contribution < -0.4 is 19.1 Å². The van der Waals surface area contributed by atoms with E-state index in [9.17, 15) is 4.79 Å². The first-order chi connectivity index (χ1) is 18.6. The maximum Gasteiger partial charge on any atom is 0.227 e. The van der Waals surface area contributed by atoms with Gasteiger partial charge in [0.1, 0.15) is 11.6 Å². The summed E-state index contributed by atoms with van der Waals surface area (Å²) in [6, 6.07) is 21.7. The van der Waals surface area contributed by atoms with Crippen LogP contribution in [0.4, 0.5) is 5.69 Å². The van der Waals surface area contributed by atoms with Gasteiger partial charge in [-0.15, -0.1) is 6.58 Å². The zero-order valence-electron chi connectivity index (χ0n) is 21.9. The van der Waals surface area contributed by atoms with Crippen molar-refractivity contribution in [2.75, 3.05) is 32.3 Å². The number of hydrogen-bond donors (Lipinski definition) is 0. The molecule has 2 heterocycles. The molecule has 7 heteroatoms. The first-order valence-electron chi connectivity index (χ1n) is 12.9. The molecule has 1 fully saturated rings. The zero-order valence-corrected chi connectivity index (χ0v) is 21.9. The average molecular weight is 512 g/mol. The molecule has 3 aromatic carbocycles. The van der Waals surface area contributed by atoms with Crippen molar-refractivity contribution in [2.24, 2.45) is 0 Å². The minimum absolute atomic E-state index is 0.00965. The molecule has 0 N–H and O–H groups in total. The van der Waals surface area contributed by atoms with Crippen molar-refractivity contribution in [3.63, 3.8) is 0 Å². The fourth-order valence-corrected chi connectivity index (χ4v) is 5.06. The van der Waals surface area contributed by atoms with Gasteiger partial charge in [-0.05, 0) is 66.9 Å². The maximum atomic E-state index is 13.0. The number of aromatic nitrogens is 2. The molecule has 1 saturated heterocycles. The van der Waals surface area contributed by atoms with Crippen molar-refractivity contribution in [1.82, 2.24) is 9.55 Å². The molecule has 0 aliphatic carbocycles. The highest BCUT2D eigenvalue weighted by atomic mass is 16.5. The third-order valence-electron chi connectivity index (χ3n) is 6.95. The number of para-hydroxylation sites is 2. The third-order valence-corrected chi connectivity index (χ3v) is 6.95. The Labute approximate surface area is 223 Å². The number of ether oxygens (including phenoxy) is 3. The van der Waals surface area contributed by atoms with Crippen LogP contribution in [0.2, 0.25) is 0 Å². The number of methoxy groups -OCH3 is 2. The van der Waals surface area contributed by atoms with Gasteiger partial charge in [0.15, 0.2) is 11.5 Å². The summed E-state index contributed by atoms with van der Waals surface area (Å²) in [5.74, 6) is 3.28. The second kappa shape index (κ2) is 11.4. The Morgan fingerprint density at radius 1 is 1.03 bits per heavy atom. The van der Waals surface area contributed by atoms with E-state index in [1.54, 1.807) is 14.2 Å². The van der Waals surface area contributed by atoms with Gasteiger partial charge in [0.05, 0.1) is 31.9 Å². The number of anilines is 1. The zero-order chi connectivity index (χ0) is 26.5. The Morgan fingerprint density at radius 3 is 2.61 bits per heavy atom. The van der Waals surface area contributed by atoms with Crippen LogP contribution in [0.15, 0.2) is 79.4 Å². The second-order valence-electron chi connectivity index (χ2n) is 9.39. The molecule has 0 radical (unpaired) electrons. The summed E-state index contributed by atoms with van der Waals surface area (Å²) in [7, 11) is 3.29. The van der Waals surface area contributed by atoms with Gasteiger partial charge in [-0.3, -0.25) is 4.79 Å². The molecule has 1 atom stereocenters. The standard InChI is InChI=1S/C31H33N3O4/c1-4-8-22-11-16-28(29(19-22)37-3)38-18-7-17-33-27-10-6-5-9-26(27)32-31(33)23-20-30(35)34(21-23)24-12-14-25(36-2)15-13-24/h4-6,9-16,19,23H,1,7-8,17-18,20-21H2,2-3H3. The van der Waals surface area contributed by atoms with Gasteiger partial charge in [-0.25, -0.2) is 4.98 Å². The molecule has 0 spiro atoms. The third kappa shape index (κ3) is 5.23. The number of fused-ring (bicyclic) bond motifs is 1. The lowest BCUT2D eigenvalue weighted by Crippen LogP contribution is -2.24. The fraction of sp³-hybridized carbons (Fsp3) is 0.290. The number of carbonyl (C=O) groups excluding carboxylic acids is 1. The Balaban J connectivity index is 1.31. The highest BCUT2D eigenvalue weighted by Gasteiger charge is 2.34. The molecule has 1 amide bonds. The van der Waals surface area contributed by atoms with Gasteiger partial charge in [-0.2, -0.15) is 0 Å². The maximum absolute atomic E-state index is 13.0. The molecule has 5 rings (SSSR count). The quantitative estimate of drug-likeness (QED) is 0.189. The van der Waals surface area contributed by atoms with Crippen molar-refractivity contribution in [2.45, 2.75) is 31.7 Å². The van der Waals surface area contributed by atoms with Crippen LogP contribution in [0.1, 0.15) is 30.1 Å². The first kappa shape index (κ1) is 25.4. The lowest BCUT2D eigenvalue weighted by Gasteiger charge is -2.18. The average Bonchev–Trinajstić information content (AvgIpc) is 3.52. The summed E-state index contributed by atoms with van der Waals surface area (Å²) >= 11 is 0. The van der Waals surface area contributed by atoms with Gasteiger partial charge >= 0.3 is 0 Å². The number of nitrogens with zero attached hydrogens (tertiary/aromatic N) is 3. The summed E-state index contributed by atoms with van der Waals surface area (Å²) in [6.45, 7) is 5.67. The molecule has 1 aliphatic heterocycles. The van der Waals surface area contributed by atoms with E-state index in [1.807, 2.05) is 71.6 Å². The summed E-state index contributed by atoms with van der Waals surface area (Å²) in [5, 5.41) is 0. The molecule has 1 unspecified atom stereocenters. The number of carbonyl (C=O) groups is 1. The Hall–Kier alpha value is -4.26. The number of amides is 1. The summed E-state index contributed by atoms with van der Waals surface area (Å²) < 4.78 is 19.1. The summed E-state index contributed by atoms with van der Waals surface area (Å²) in [6.07, 6.45) is 3.87. The number of rotatable bonds is 11. The SMILES string of the molecule is C=CCc1ccc(OCCCn2c(C3CC(=O)N(c4ccc(OC)cc4)C3)nc3ccccc32)c(OC)c1. The van der Waals surface area contributed by atoms with E-state index in [4.69, 9.17) is 19.2 Å².